The topological polar surface area (TPSA) is 46.2 Å². The summed E-state index contributed by atoms with van der Waals surface area (Å²) in [6.45, 7) is 6.52. The van der Waals surface area contributed by atoms with Crippen molar-refractivity contribution in [2.75, 3.05) is 6.61 Å². The Morgan fingerprint density at radius 1 is 1.25 bits per heavy atom. The lowest BCUT2D eigenvalue weighted by molar-refractivity contribution is 0.266. The molecule has 2 atom stereocenters. The molecule has 0 aliphatic rings. The monoisotopic (exact) mass is 221 g/mol. The Bertz CT molecular complexity index is 336. The number of hydrogen-bond donors (Lipinski definition) is 2. The van der Waals surface area contributed by atoms with Crippen molar-refractivity contribution in [2.45, 2.75) is 45.6 Å². The van der Waals surface area contributed by atoms with E-state index in [-0.39, 0.29) is 18.6 Å². The van der Waals surface area contributed by atoms with Crippen LogP contribution in [-0.4, -0.2) is 17.8 Å². The third kappa shape index (κ3) is 3.06. The summed E-state index contributed by atoms with van der Waals surface area (Å²) in [6, 6.07) is 6.61. The van der Waals surface area contributed by atoms with Gasteiger partial charge in [0.2, 0.25) is 0 Å². The van der Waals surface area contributed by atoms with E-state index >= 15 is 0 Å². The summed E-state index contributed by atoms with van der Waals surface area (Å²) in [5, 5.41) is 9.11. The highest BCUT2D eigenvalue weighted by Gasteiger charge is 2.18. The van der Waals surface area contributed by atoms with Gasteiger partial charge in [-0.15, -0.1) is 0 Å². The highest BCUT2D eigenvalue weighted by molar-refractivity contribution is 5.32. The second-order valence-electron chi connectivity index (χ2n) is 4.53. The predicted octanol–water partition coefficient (Wildman–Crippen LogP) is 2.51. The molecule has 2 nitrogen and oxygen atoms in total. The summed E-state index contributed by atoms with van der Waals surface area (Å²) in [4.78, 5) is 0. The molecule has 3 N–H and O–H groups in total. The molecule has 0 fully saturated rings. The molecule has 0 heterocycles. The molecule has 0 aromatic heterocycles. The molecule has 0 aliphatic carbocycles. The van der Waals surface area contributed by atoms with Crippen LogP contribution in [0.3, 0.4) is 0 Å². The molecule has 0 radical (unpaired) electrons. The van der Waals surface area contributed by atoms with Crippen LogP contribution in [-0.2, 0) is 0 Å². The normalized spacial score (nSPS) is 14.8. The quantitative estimate of drug-likeness (QED) is 0.802. The van der Waals surface area contributed by atoms with E-state index in [1.807, 2.05) is 0 Å². The first-order valence-corrected chi connectivity index (χ1v) is 6.03. The molecule has 0 aliphatic heterocycles. The van der Waals surface area contributed by atoms with E-state index in [0.717, 1.165) is 12.8 Å². The van der Waals surface area contributed by atoms with Crippen LogP contribution >= 0.6 is 0 Å². The van der Waals surface area contributed by atoms with E-state index in [1.54, 1.807) is 0 Å². The zero-order valence-electron chi connectivity index (χ0n) is 10.5. The summed E-state index contributed by atoms with van der Waals surface area (Å²) in [5.41, 5.74) is 9.97. The molecular weight excluding hydrogens is 198 g/mol. The van der Waals surface area contributed by atoms with Crippen molar-refractivity contribution in [1.29, 1.82) is 0 Å². The SMILES string of the molecule is CCC(N)C(CCO)c1ccc(C)c(C)c1. The summed E-state index contributed by atoms with van der Waals surface area (Å²) in [7, 11) is 0. The minimum atomic E-state index is 0.134. The number of rotatable bonds is 5. The maximum Gasteiger partial charge on any atom is 0.0437 e. The van der Waals surface area contributed by atoms with Gasteiger partial charge in [0.05, 0.1) is 0 Å². The molecule has 0 amide bonds. The van der Waals surface area contributed by atoms with E-state index in [2.05, 4.69) is 39.0 Å². The Morgan fingerprint density at radius 2 is 1.94 bits per heavy atom. The molecule has 16 heavy (non-hydrogen) atoms. The molecule has 2 heteroatoms. The standard InChI is InChI=1S/C14H23NO/c1-4-14(15)13(7-8-16)12-6-5-10(2)11(3)9-12/h5-6,9,13-14,16H,4,7-8,15H2,1-3H3. The van der Waals surface area contributed by atoms with Crippen molar-refractivity contribution < 1.29 is 5.11 Å². The van der Waals surface area contributed by atoms with Gasteiger partial charge in [-0.2, -0.15) is 0 Å². The molecule has 1 aromatic carbocycles. The van der Waals surface area contributed by atoms with E-state index in [9.17, 15) is 0 Å². The van der Waals surface area contributed by atoms with Crippen LogP contribution in [0.15, 0.2) is 18.2 Å². The maximum absolute atomic E-state index is 9.11. The summed E-state index contributed by atoms with van der Waals surface area (Å²) in [5.74, 6) is 0.272. The van der Waals surface area contributed by atoms with Crippen LogP contribution < -0.4 is 5.73 Å². The lowest BCUT2D eigenvalue weighted by Gasteiger charge is -2.23. The smallest absolute Gasteiger partial charge is 0.0437 e. The van der Waals surface area contributed by atoms with Gasteiger partial charge in [-0.25, -0.2) is 0 Å². The maximum atomic E-state index is 9.11. The number of aryl methyl sites for hydroxylation is 2. The average molecular weight is 221 g/mol. The first-order chi connectivity index (χ1) is 7.60. The second-order valence-corrected chi connectivity index (χ2v) is 4.53. The summed E-state index contributed by atoms with van der Waals surface area (Å²) >= 11 is 0. The first-order valence-electron chi connectivity index (χ1n) is 6.03. The highest BCUT2D eigenvalue weighted by atomic mass is 16.3. The third-order valence-electron chi connectivity index (χ3n) is 3.39. The van der Waals surface area contributed by atoms with Gasteiger partial charge in [-0.05, 0) is 43.4 Å². The zero-order chi connectivity index (χ0) is 12.1. The van der Waals surface area contributed by atoms with Gasteiger partial charge >= 0.3 is 0 Å². The molecule has 0 bridgehead atoms. The van der Waals surface area contributed by atoms with Gasteiger partial charge in [-0.3, -0.25) is 0 Å². The van der Waals surface area contributed by atoms with Gasteiger partial charge in [-0.1, -0.05) is 25.1 Å². The van der Waals surface area contributed by atoms with Crippen molar-refractivity contribution in [3.63, 3.8) is 0 Å². The van der Waals surface area contributed by atoms with Crippen LogP contribution in [0.25, 0.3) is 0 Å². The molecule has 0 saturated heterocycles. The van der Waals surface area contributed by atoms with E-state index in [1.165, 1.54) is 16.7 Å². The number of benzene rings is 1. The van der Waals surface area contributed by atoms with Gasteiger partial charge in [0.25, 0.3) is 0 Å². The highest BCUT2D eigenvalue weighted by Crippen LogP contribution is 2.25. The van der Waals surface area contributed by atoms with Gasteiger partial charge in [0.15, 0.2) is 0 Å². The number of aliphatic hydroxyl groups is 1. The molecule has 0 spiro atoms. The number of aliphatic hydroxyl groups excluding tert-OH is 1. The number of hydrogen-bond acceptors (Lipinski definition) is 2. The van der Waals surface area contributed by atoms with E-state index < -0.39 is 0 Å². The fourth-order valence-corrected chi connectivity index (χ4v) is 2.05. The molecular formula is C14H23NO. The molecule has 1 rings (SSSR count). The predicted molar refractivity (Wildman–Crippen MR) is 68.6 cm³/mol. The minimum absolute atomic E-state index is 0.134. The fraction of sp³-hybridized carbons (Fsp3) is 0.571. The summed E-state index contributed by atoms with van der Waals surface area (Å²) in [6.07, 6.45) is 1.69. The largest absolute Gasteiger partial charge is 0.396 e. The Hall–Kier alpha value is -0.860. The number of nitrogens with two attached hydrogens (primary N) is 1. The van der Waals surface area contributed by atoms with Gasteiger partial charge < -0.3 is 10.8 Å². The van der Waals surface area contributed by atoms with Crippen LogP contribution in [0.4, 0.5) is 0 Å². The fourth-order valence-electron chi connectivity index (χ4n) is 2.05. The second kappa shape index (κ2) is 6.02. The van der Waals surface area contributed by atoms with E-state index in [4.69, 9.17) is 10.8 Å². The van der Waals surface area contributed by atoms with Crippen LogP contribution in [0.5, 0.6) is 0 Å². The Morgan fingerprint density at radius 3 is 2.44 bits per heavy atom. The minimum Gasteiger partial charge on any atom is -0.396 e. The van der Waals surface area contributed by atoms with Gasteiger partial charge in [0.1, 0.15) is 0 Å². The molecule has 0 saturated carbocycles. The van der Waals surface area contributed by atoms with Gasteiger partial charge in [0, 0.05) is 18.6 Å². The molecule has 2 unspecified atom stereocenters. The molecule has 90 valence electrons. The van der Waals surface area contributed by atoms with Crippen molar-refractivity contribution >= 4 is 0 Å². The van der Waals surface area contributed by atoms with Crippen LogP contribution in [0.1, 0.15) is 42.4 Å². The lowest BCUT2D eigenvalue weighted by Crippen LogP contribution is -2.28. The van der Waals surface area contributed by atoms with Crippen LogP contribution in [0, 0.1) is 13.8 Å². The van der Waals surface area contributed by atoms with Crippen molar-refractivity contribution in [2.24, 2.45) is 5.73 Å². The summed E-state index contributed by atoms with van der Waals surface area (Å²) < 4.78 is 0. The Balaban J connectivity index is 2.96. The Kier molecular flexibility index (Phi) is 4.97. The average Bonchev–Trinajstić information content (AvgIpc) is 2.29. The van der Waals surface area contributed by atoms with Crippen LogP contribution in [0.2, 0.25) is 0 Å². The molecule has 1 aromatic rings. The zero-order valence-corrected chi connectivity index (χ0v) is 10.5. The third-order valence-corrected chi connectivity index (χ3v) is 3.39. The Labute approximate surface area is 98.5 Å². The first kappa shape index (κ1) is 13.2. The van der Waals surface area contributed by atoms with Crippen molar-refractivity contribution in [3.05, 3.63) is 34.9 Å². The van der Waals surface area contributed by atoms with Crippen molar-refractivity contribution in [1.82, 2.24) is 0 Å². The van der Waals surface area contributed by atoms with Crippen molar-refractivity contribution in [3.8, 4) is 0 Å². The van der Waals surface area contributed by atoms with E-state index in [0.29, 0.717) is 0 Å². The lowest BCUT2D eigenvalue weighted by atomic mass is 9.86.